The summed E-state index contributed by atoms with van der Waals surface area (Å²) in [5.74, 6) is -0.485. The molecule has 2 aromatic rings. The second-order valence-electron chi connectivity index (χ2n) is 8.00. The van der Waals surface area contributed by atoms with E-state index in [0.717, 1.165) is 56.7 Å². The molecule has 34 heavy (non-hydrogen) atoms. The maximum absolute atomic E-state index is 12.9. The van der Waals surface area contributed by atoms with Gasteiger partial charge in [-0.05, 0) is 63.3 Å². The average molecular weight is 491 g/mol. The minimum absolute atomic E-state index is 0.182. The van der Waals surface area contributed by atoms with E-state index in [4.69, 9.17) is 17.0 Å². The molecular weight excluding hydrogens is 456 g/mol. The summed E-state index contributed by atoms with van der Waals surface area (Å²) in [4.78, 5) is 31.1. The highest BCUT2D eigenvalue weighted by atomic mass is 35.5. The number of nitrogens with one attached hydrogen (secondary N) is 5. The minimum Gasteiger partial charge on any atom is -0.390 e. The summed E-state index contributed by atoms with van der Waals surface area (Å²) in [5, 5.41) is 14.4. The number of nitrogens with two attached hydrogens (primary N) is 1. The van der Waals surface area contributed by atoms with E-state index in [1.54, 1.807) is 18.2 Å². The zero-order chi connectivity index (χ0) is 24.9. The second-order valence-corrected chi connectivity index (χ2v) is 8.43. The van der Waals surface area contributed by atoms with Crippen LogP contribution in [-0.2, 0) is 4.79 Å². The standard InChI is InChI=1S/C22H31ClN6O2.CH4N2/c1-24-11-3-4-19(22(31)27-29-14-12-28(2)13-15-29)26-21(30)20-10-9-18(25-20)16-5-7-17(23)8-6-16;2-1-3/h5-10,19,24-25H,3-4,11-15H2,1-2H3,(H,26,30)(H,27,31);1H,(H3,2,3). The number of amides is 2. The third kappa shape index (κ3) is 8.79. The van der Waals surface area contributed by atoms with E-state index in [2.05, 4.69) is 38.7 Å². The fourth-order valence-electron chi connectivity index (χ4n) is 3.47. The lowest BCUT2D eigenvalue weighted by atomic mass is 10.1. The van der Waals surface area contributed by atoms with Crippen molar-refractivity contribution in [2.24, 2.45) is 5.73 Å². The van der Waals surface area contributed by atoms with Gasteiger partial charge in [0.05, 0.1) is 6.34 Å². The molecule has 1 fully saturated rings. The van der Waals surface area contributed by atoms with Crippen LogP contribution in [0.3, 0.4) is 0 Å². The first-order chi connectivity index (χ1) is 16.4. The van der Waals surface area contributed by atoms with Crippen LogP contribution in [-0.4, -0.2) is 85.9 Å². The number of halogens is 1. The summed E-state index contributed by atoms with van der Waals surface area (Å²) in [6, 6.07) is 10.3. The third-order valence-corrected chi connectivity index (χ3v) is 5.65. The summed E-state index contributed by atoms with van der Waals surface area (Å²) in [7, 11) is 3.93. The van der Waals surface area contributed by atoms with Gasteiger partial charge in [0.2, 0.25) is 0 Å². The summed E-state index contributed by atoms with van der Waals surface area (Å²) in [5.41, 5.74) is 9.52. The molecule has 0 bridgehead atoms. The van der Waals surface area contributed by atoms with Gasteiger partial charge >= 0.3 is 0 Å². The molecule has 0 spiro atoms. The molecule has 0 radical (unpaired) electrons. The summed E-state index contributed by atoms with van der Waals surface area (Å²) in [6.45, 7) is 4.10. The quantitative estimate of drug-likeness (QED) is 0.177. The molecule has 1 aromatic carbocycles. The number of aromatic amines is 1. The van der Waals surface area contributed by atoms with Crippen LogP contribution in [0, 0.1) is 5.41 Å². The molecule has 1 saturated heterocycles. The van der Waals surface area contributed by atoms with Crippen LogP contribution in [0.4, 0.5) is 0 Å². The van der Waals surface area contributed by atoms with Crippen LogP contribution >= 0.6 is 11.6 Å². The van der Waals surface area contributed by atoms with Crippen molar-refractivity contribution in [2.75, 3.05) is 46.8 Å². The average Bonchev–Trinajstić information content (AvgIpc) is 3.31. The van der Waals surface area contributed by atoms with Crippen molar-refractivity contribution in [3.63, 3.8) is 0 Å². The van der Waals surface area contributed by atoms with Gasteiger partial charge in [-0.25, -0.2) is 5.01 Å². The van der Waals surface area contributed by atoms with Gasteiger partial charge < -0.3 is 26.3 Å². The fourth-order valence-corrected chi connectivity index (χ4v) is 3.59. The van der Waals surface area contributed by atoms with Crippen molar-refractivity contribution in [3.05, 3.63) is 47.1 Å². The van der Waals surface area contributed by atoms with Gasteiger partial charge in [-0.15, -0.1) is 0 Å². The maximum Gasteiger partial charge on any atom is 0.268 e. The van der Waals surface area contributed by atoms with E-state index in [1.165, 1.54) is 0 Å². The van der Waals surface area contributed by atoms with Gasteiger partial charge in [-0.2, -0.15) is 0 Å². The summed E-state index contributed by atoms with van der Waals surface area (Å²) in [6.07, 6.45) is 2.08. The molecule has 0 aliphatic carbocycles. The predicted octanol–water partition coefficient (Wildman–Crippen LogP) is 1.26. The van der Waals surface area contributed by atoms with Gasteiger partial charge in [0, 0.05) is 36.9 Å². The number of likely N-dealkylation sites (N-methyl/N-ethyl adjacent to an activating group) is 1. The van der Waals surface area contributed by atoms with Crippen molar-refractivity contribution < 1.29 is 9.59 Å². The van der Waals surface area contributed by atoms with Gasteiger partial charge in [-0.3, -0.25) is 20.4 Å². The van der Waals surface area contributed by atoms with E-state index < -0.39 is 6.04 Å². The van der Waals surface area contributed by atoms with Gasteiger partial charge in [0.15, 0.2) is 0 Å². The highest BCUT2D eigenvalue weighted by molar-refractivity contribution is 6.30. The van der Waals surface area contributed by atoms with Gasteiger partial charge in [0.25, 0.3) is 11.8 Å². The number of rotatable bonds is 9. The van der Waals surface area contributed by atoms with Crippen LogP contribution in [0.15, 0.2) is 36.4 Å². The topological polar surface area (TPSA) is 142 Å². The van der Waals surface area contributed by atoms with Crippen LogP contribution < -0.4 is 21.8 Å². The van der Waals surface area contributed by atoms with Gasteiger partial charge in [-0.1, -0.05) is 23.7 Å². The molecule has 0 saturated carbocycles. The first-order valence-electron chi connectivity index (χ1n) is 11.2. The minimum atomic E-state index is -0.609. The normalized spacial score (nSPS) is 15.0. The Balaban J connectivity index is 0.00000129. The number of hydrogen-bond donors (Lipinski definition) is 6. The van der Waals surface area contributed by atoms with E-state index in [9.17, 15) is 9.59 Å². The highest BCUT2D eigenvalue weighted by Crippen LogP contribution is 2.21. The zero-order valence-corrected chi connectivity index (χ0v) is 20.5. The van der Waals surface area contributed by atoms with Crippen molar-refractivity contribution in [1.82, 2.24) is 31.0 Å². The van der Waals surface area contributed by atoms with Crippen LogP contribution in [0.2, 0.25) is 5.02 Å². The first kappa shape index (κ1) is 27.3. The Kier molecular flexibility index (Phi) is 11.5. The maximum atomic E-state index is 12.9. The molecule has 7 N–H and O–H groups in total. The first-order valence-corrected chi connectivity index (χ1v) is 11.6. The molecule has 2 heterocycles. The van der Waals surface area contributed by atoms with Crippen LogP contribution in [0.25, 0.3) is 11.3 Å². The molecule has 1 aliphatic rings. The van der Waals surface area contributed by atoms with Gasteiger partial charge in [0.1, 0.15) is 11.7 Å². The van der Waals surface area contributed by atoms with Crippen molar-refractivity contribution in [2.45, 2.75) is 18.9 Å². The Morgan fingerprint density at radius 2 is 1.82 bits per heavy atom. The number of H-pyrrole nitrogens is 1. The number of carbonyl (C=O) groups excluding carboxylic acids is 2. The Hall–Kier alpha value is -2.92. The Bertz CT molecular complexity index is 910. The van der Waals surface area contributed by atoms with Crippen molar-refractivity contribution >= 4 is 29.8 Å². The molecule has 186 valence electrons. The van der Waals surface area contributed by atoms with Crippen LogP contribution in [0.1, 0.15) is 23.3 Å². The van der Waals surface area contributed by atoms with Crippen molar-refractivity contribution in [3.8, 4) is 11.3 Å². The van der Waals surface area contributed by atoms with Crippen molar-refractivity contribution in [1.29, 1.82) is 5.41 Å². The Morgan fingerprint density at radius 1 is 1.18 bits per heavy atom. The largest absolute Gasteiger partial charge is 0.390 e. The van der Waals surface area contributed by atoms with E-state index in [0.29, 0.717) is 17.1 Å². The SMILES string of the molecule is CNCCCC(NC(=O)c1ccc(-c2ccc(Cl)cc2)[nH]1)C(=O)NN1CCN(C)CC1.N=CN. The monoisotopic (exact) mass is 490 g/mol. The number of hydrogen-bond acceptors (Lipinski definition) is 6. The smallest absolute Gasteiger partial charge is 0.268 e. The molecule has 3 rings (SSSR count). The fraction of sp³-hybridized carbons (Fsp3) is 0.435. The molecular formula is C23H35ClN8O2. The van der Waals surface area contributed by atoms with E-state index >= 15 is 0 Å². The molecule has 1 aromatic heterocycles. The summed E-state index contributed by atoms with van der Waals surface area (Å²) >= 11 is 5.95. The third-order valence-electron chi connectivity index (χ3n) is 5.40. The number of carbonyl (C=O) groups is 2. The van der Waals surface area contributed by atoms with Crippen LogP contribution in [0.5, 0.6) is 0 Å². The zero-order valence-electron chi connectivity index (χ0n) is 19.7. The number of piperazine rings is 1. The number of hydrazine groups is 1. The Morgan fingerprint density at radius 3 is 2.44 bits per heavy atom. The molecule has 10 nitrogen and oxygen atoms in total. The molecule has 11 heteroatoms. The summed E-state index contributed by atoms with van der Waals surface area (Å²) < 4.78 is 0. The predicted molar refractivity (Wildman–Crippen MR) is 136 cm³/mol. The lowest BCUT2D eigenvalue weighted by Gasteiger charge is -2.33. The lowest BCUT2D eigenvalue weighted by molar-refractivity contribution is -0.128. The molecule has 1 aliphatic heterocycles. The molecule has 2 amide bonds. The van der Waals surface area contributed by atoms with E-state index in [1.807, 2.05) is 30.3 Å². The number of benzene rings is 1. The lowest BCUT2D eigenvalue weighted by Crippen LogP contribution is -2.57. The second kappa shape index (κ2) is 14.4. The molecule has 1 atom stereocenters. The Labute approximate surface area is 205 Å². The van der Waals surface area contributed by atoms with E-state index in [-0.39, 0.29) is 11.8 Å². The molecule has 1 unspecified atom stereocenters. The number of nitrogens with zero attached hydrogens (tertiary/aromatic N) is 2. The highest BCUT2D eigenvalue weighted by Gasteiger charge is 2.24. The number of aromatic nitrogens is 1.